The summed E-state index contributed by atoms with van der Waals surface area (Å²) in [6.07, 6.45) is 11.6. The van der Waals surface area contributed by atoms with E-state index < -0.39 is 0 Å². The van der Waals surface area contributed by atoms with Crippen LogP contribution in [0.2, 0.25) is 0 Å². The fourth-order valence-corrected chi connectivity index (χ4v) is 4.41. The second kappa shape index (κ2) is 6.88. The van der Waals surface area contributed by atoms with Crippen molar-refractivity contribution in [2.24, 2.45) is 0 Å². The second-order valence-corrected chi connectivity index (χ2v) is 7.47. The Morgan fingerprint density at radius 1 is 1.04 bits per heavy atom. The minimum Gasteiger partial charge on any atom is -0.358 e. The van der Waals surface area contributed by atoms with Gasteiger partial charge in [-0.15, -0.1) is 0 Å². The largest absolute Gasteiger partial charge is 0.358 e. The van der Waals surface area contributed by atoms with Gasteiger partial charge in [-0.1, -0.05) is 18.2 Å². The molecule has 1 atom stereocenters. The molecule has 0 amide bonds. The predicted octanol–water partition coefficient (Wildman–Crippen LogP) is 5.22. The highest BCUT2D eigenvalue weighted by Gasteiger charge is 2.27. The fraction of sp³-hybridized carbons (Fsp3) is 0.208. The Hall–Kier alpha value is -2.98. The number of rotatable bonds is 3. The molecule has 140 valence electrons. The zero-order valence-electron chi connectivity index (χ0n) is 15.8. The van der Waals surface area contributed by atoms with Gasteiger partial charge in [-0.3, -0.25) is 9.88 Å². The summed E-state index contributed by atoms with van der Waals surface area (Å²) in [4.78, 5) is 10.3. The van der Waals surface area contributed by atoms with E-state index in [1.807, 2.05) is 36.7 Å². The third kappa shape index (κ3) is 2.90. The van der Waals surface area contributed by atoms with Crippen molar-refractivity contribution in [2.45, 2.75) is 19.4 Å². The van der Waals surface area contributed by atoms with E-state index in [2.05, 4.69) is 40.0 Å². The van der Waals surface area contributed by atoms with Crippen LogP contribution in [0.4, 0.5) is 4.39 Å². The Bertz CT molecular complexity index is 1060. The van der Waals surface area contributed by atoms with Crippen LogP contribution < -0.4 is 0 Å². The summed E-state index contributed by atoms with van der Waals surface area (Å²) in [5.41, 5.74) is 8.11. The van der Waals surface area contributed by atoms with Gasteiger partial charge in [-0.25, -0.2) is 4.39 Å². The highest BCUT2D eigenvalue weighted by molar-refractivity contribution is 5.93. The predicted molar refractivity (Wildman–Crippen MR) is 111 cm³/mol. The number of hydrogen-bond donors (Lipinski definition) is 1. The van der Waals surface area contributed by atoms with Crippen LogP contribution in [0.3, 0.4) is 0 Å². The molecular weight excluding hydrogens is 349 g/mol. The first-order chi connectivity index (χ1) is 13.7. The van der Waals surface area contributed by atoms with Crippen LogP contribution in [0.15, 0.2) is 67.0 Å². The van der Waals surface area contributed by atoms with E-state index in [0.29, 0.717) is 6.04 Å². The van der Waals surface area contributed by atoms with E-state index in [1.165, 1.54) is 28.8 Å². The molecule has 0 bridgehead atoms. The Labute approximate surface area is 164 Å². The molecule has 0 aliphatic carbocycles. The first-order valence-corrected chi connectivity index (χ1v) is 9.71. The molecule has 1 unspecified atom stereocenters. The first-order valence-electron chi connectivity index (χ1n) is 9.71. The average molecular weight is 371 g/mol. The Morgan fingerprint density at radius 3 is 2.61 bits per heavy atom. The van der Waals surface area contributed by atoms with Crippen molar-refractivity contribution in [1.82, 2.24) is 14.9 Å². The minimum absolute atomic E-state index is 0.221. The Balaban J connectivity index is 1.71. The molecule has 4 heteroatoms. The fourth-order valence-electron chi connectivity index (χ4n) is 4.41. The zero-order chi connectivity index (χ0) is 19.1. The van der Waals surface area contributed by atoms with E-state index in [1.54, 1.807) is 0 Å². The summed E-state index contributed by atoms with van der Waals surface area (Å²) in [7, 11) is 0. The highest BCUT2D eigenvalue weighted by atomic mass is 19.1. The molecule has 0 fully saturated rings. The number of halogens is 1. The molecule has 5 rings (SSSR count). The van der Waals surface area contributed by atoms with Crippen molar-refractivity contribution in [3.05, 3.63) is 84.1 Å². The van der Waals surface area contributed by atoms with Gasteiger partial charge in [0.1, 0.15) is 5.82 Å². The van der Waals surface area contributed by atoms with Gasteiger partial charge in [-0.05, 0) is 66.4 Å². The lowest BCUT2D eigenvalue weighted by Crippen LogP contribution is -2.33. The number of aromatic amines is 1. The van der Waals surface area contributed by atoms with Crippen molar-refractivity contribution in [2.75, 3.05) is 13.1 Å². The van der Waals surface area contributed by atoms with E-state index in [4.69, 9.17) is 0 Å². The number of pyridine rings is 1. The van der Waals surface area contributed by atoms with Gasteiger partial charge in [-0.2, -0.15) is 0 Å². The van der Waals surface area contributed by atoms with Crippen LogP contribution in [0.5, 0.6) is 0 Å². The van der Waals surface area contributed by atoms with E-state index in [0.717, 1.165) is 42.0 Å². The normalized spacial score (nSPS) is 18.9. The number of hydrogen-bond acceptors (Lipinski definition) is 2. The summed E-state index contributed by atoms with van der Waals surface area (Å²) in [6.45, 7) is 4.24. The molecule has 2 aliphatic heterocycles. The van der Waals surface area contributed by atoms with E-state index >= 15 is 0 Å². The molecule has 3 aromatic rings. The number of nitrogens with one attached hydrogen (secondary N) is 1. The quantitative estimate of drug-likeness (QED) is 0.640. The molecule has 4 heterocycles. The summed E-state index contributed by atoms with van der Waals surface area (Å²) >= 11 is 0. The summed E-state index contributed by atoms with van der Waals surface area (Å²) in [5, 5.41) is 0. The maximum absolute atomic E-state index is 13.5. The number of aryl methyl sites for hydroxylation is 1. The topological polar surface area (TPSA) is 31.9 Å². The van der Waals surface area contributed by atoms with Gasteiger partial charge in [0.2, 0.25) is 0 Å². The maximum Gasteiger partial charge on any atom is 0.123 e. The van der Waals surface area contributed by atoms with Gasteiger partial charge in [0.15, 0.2) is 0 Å². The Kier molecular flexibility index (Phi) is 4.21. The maximum atomic E-state index is 13.5. The first kappa shape index (κ1) is 17.1. The van der Waals surface area contributed by atoms with Crippen LogP contribution in [-0.4, -0.2) is 34.0 Å². The number of nitrogens with zero attached hydrogens (tertiary/aromatic N) is 2. The molecular formula is C24H22FN3. The Morgan fingerprint density at radius 2 is 1.82 bits per heavy atom. The molecule has 2 aromatic heterocycles. The molecule has 28 heavy (non-hydrogen) atoms. The van der Waals surface area contributed by atoms with Gasteiger partial charge in [0, 0.05) is 48.3 Å². The standard InChI is InChI=1S/C24H22FN3/c1-16-22(19-10-14-28-13-2-3-21(28)15-19)23(17-8-11-26-12-9-17)24(27-16)18-4-6-20(25)7-5-18/h2-9,11-12,15,21,27H,10,13-14H2,1H3. The van der Waals surface area contributed by atoms with Crippen molar-refractivity contribution < 1.29 is 4.39 Å². The molecule has 0 spiro atoms. The van der Waals surface area contributed by atoms with Crippen LogP contribution in [0, 0.1) is 12.7 Å². The third-order valence-electron chi connectivity index (χ3n) is 5.75. The molecule has 0 radical (unpaired) electrons. The molecule has 3 nitrogen and oxygen atoms in total. The van der Waals surface area contributed by atoms with Crippen LogP contribution >= 0.6 is 0 Å². The lowest BCUT2D eigenvalue weighted by Gasteiger charge is -2.28. The van der Waals surface area contributed by atoms with Crippen molar-refractivity contribution in [3.8, 4) is 22.4 Å². The summed E-state index contributed by atoms with van der Waals surface area (Å²) < 4.78 is 13.5. The molecule has 1 aromatic carbocycles. The third-order valence-corrected chi connectivity index (χ3v) is 5.75. The van der Waals surface area contributed by atoms with E-state index in [-0.39, 0.29) is 5.82 Å². The molecule has 0 saturated heterocycles. The van der Waals surface area contributed by atoms with E-state index in [9.17, 15) is 4.39 Å². The lowest BCUT2D eigenvalue weighted by atomic mass is 9.89. The van der Waals surface area contributed by atoms with Gasteiger partial charge < -0.3 is 4.98 Å². The average Bonchev–Trinajstić information content (AvgIpc) is 3.32. The number of fused-ring (bicyclic) bond motifs is 1. The summed E-state index contributed by atoms with van der Waals surface area (Å²) in [6, 6.07) is 11.2. The smallest absolute Gasteiger partial charge is 0.123 e. The van der Waals surface area contributed by atoms with Crippen LogP contribution in [-0.2, 0) is 0 Å². The molecule has 0 saturated carbocycles. The van der Waals surface area contributed by atoms with Gasteiger partial charge >= 0.3 is 0 Å². The van der Waals surface area contributed by atoms with Gasteiger partial charge in [0.05, 0.1) is 5.69 Å². The monoisotopic (exact) mass is 371 g/mol. The summed E-state index contributed by atoms with van der Waals surface area (Å²) in [5.74, 6) is -0.221. The number of H-pyrrole nitrogens is 1. The van der Waals surface area contributed by atoms with Crippen LogP contribution in [0.25, 0.3) is 28.0 Å². The number of aromatic nitrogens is 2. The minimum atomic E-state index is -0.221. The molecule has 2 aliphatic rings. The zero-order valence-corrected chi connectivity index (χ0v) is 15.8. The van der Waals surface area contributed by atoms with Crippen LogP contribution in [0.1, 0.15) is 17.7 Å². The van der Waals surface area contributed by atoms with Gasteiger partial charge in [0.25, 0.3) is 0 Å². The molecule has 1 N–H and O–H groups in total. The lowest BCUT2D eigenvalue weighted by molar-refractivity contribution is 0.304. The second-order valence-electron chi connectivity index (χ2n) is 7.47. The number of benzene rings is 1. The van der Waals surface area contributed by atoms with Crippen molar-refractivity contribution >= 4 is 5.57 Å². The highest BCUT2D eigenvalue weighted by Crippen LogP contribution is 2.42. The SMILES string of the molecule is Cc1[nH]c(-c2ccc(F)cc2)c(-c2ccncc2)c1C1=CC2C=CCN2CC1. The van der Waals surface area contributed by atoms with Crippen molar-refractivity contribution in [3.63, 3.8) is 0 Å². The van der Waals surface area contributed by atoms with Crippen molar-refractivity contribution in [1.29, 1.82) is 0 Å².